The van der Waals surface area contributed by atoms with Crippen LogP contribution in [0.25, 0.3) is 0 Å². The Labute approximate surface area is 153 Å². The van der Waals surface area contributed by atoms with E-state index in [0.717, 1.165) is 17.7 Å². The zero-order chi connectivity index (χ0) is 18.5. The Balaban J connectivity index is 1.62. The molecule has 1 heterocycles. The van der Waals surface area contributed by atoms with Crippen molar-refractivity contribution in [2.45, 2.75) is 12.8 Å². The van der Waals surface area contributed by atoms with Gasteiger partial charge in [0.15, 0.2) is 0 Å². The van der Waals surface area contributed by atoms with Gasteiger partial charge in [-0.2, -0.15) is 0 Å². The van der Waals surface area contributed by atoms with Gasteiger partial charge in [-0.15, -0.1) is 5.10 Å². The van der Waals surface area contributed by atoms with Gasteiger partial charge < -0.3 is 14.5 Å². The molecule has 0 saturated carbocycles. The number of halogens is 1. The maximum absolute atomic E-state index is 10.9. The standard InChI is InChI=1S/C17H15ClN4O4/c1-25-13-6-2-11(3-7-13)4-9-16-20-21-17(26-16)19-12-5-8-14(18)15(10-12)22(23)24/h2-3,5-8,10H,4,9H2,1H3,(H,19,21). The average Bonchev–Trinajstić information content (AvgIpc) is 3.09. The molecule has 0 fully saturated rings. The van der Waals surface area contributed by atoms with Crippen molar-refractivity contribution in [3.63, 3.8) is 0 Å². The van der Waals surface area contributed by atoms with E-state index in [-0.39, 0.29) is 16.7 Å². The Hall–Kier alpha value is -3.13. The normalized spacial score (nSPS) is 10.5. The molecule has 0 unspecified atom stereocenters. The molecule has 0 aliphatic carbocycles. The maximum atomic E-state index is 10.9. The summed E-state index contributed by atoms with van der Waals surface area (Å²) in [6.45, 7) is 0. The summed E-state index contributed by atoms with van der Waals surface area (Å²) < 4.78 is 10.6. The minimum atomic E-state index is -0.554. The lowest BCUT2D eigenvalue weighted by Gasteiger charge is -2.02. The molecule has 0 atom stereocenters. The van der Waals surface area contributed by atoms with Gasteiger partial charge in [0.2, 0.25) is 5.89 Å². The van der Waals surface area contributed by atoms with E-state index in [0.29, 0.717) is 18.0 Å². The first-order valence-electron chi connectivity index (χ1n) is 7.71. The van der Waals surface area contributed by atoms with Crippen molar-refractivity contribution in [1.29, 1.82) is 0 Å². The lowest BCUT2D eigenvalue weighted by atomic mass is 10.1. The van der Waals surface area contributed by atoms with E-state index < -0.39 is 4.92 Å². The number of nitro benzene ring substituents is 1. The first kappa shape index (κ1) is 17.7. The molecule has 0 aliphatic rings. The number of hydrogen-bond donors (Lipinski definition) is 1. The highest BCUT2D eigenvalue weighted by atomic mass is 35.5. The first-order valence-corrected chi connectivity index (χ1v) is 8.09. The summed E-state index contributed by atoms with van der Waals surface area (Å²) in [5.74, 6) is 1.27. The summed E-state index contributed by atoms with van der Waals surface area (Å²) in [6, 6.07) is 12.2. The molecule has 0 saturated heterocycles. The van der Waals surface area contributed by atoms with Gasteiger partial charge in [-0.3, -0.25) is 10.1 Å². The van der Waals surface area contributed by atoms with E-state index in [1.54, 1.807) is 13.2 Å². The van der Waals surface area contributed by atoms with E-state index in [9.17, 15) is 10.1 Å². The fraction of sp³-hybridized carbons (Fsp3) is 0.176. The molecule has 2 aromatic carbocycles. The Morgan fingerprint density at radius 3 is 2.65 bits per heavy atom. The van der Waals surface area contributed by atoms with Crippen molar-refractivity contribution in [1.82, 2.24) is 10.2 Å². The van der Waals surface area contributed by atoms with Crippen LogP contribution in [0.3, 0.4) is 0 Å². The van der Waals surface area contributed by atoms with Crippen molar-refractivity contribution < 1.29 is 14.1 Å². The third-order valence-electron chi connectivity index (χ3n) is 3.65. The van der Waals surface area contributed by atoms with Gasteiger partial charge >= 0.3 is 6.01 Å². The van der Waals surface area contributed by atoms with Gasteiger partial charge in [-0.05, 0) is 36.2 Å². The van der Waals surface area contributed by atoms with Gasteiger partial charge in [-0.1, -0.05) is 28.8 Å². The molecule has 9 heteroatoms. The summed E-state index contributed by atoms with van der Waals surface area (Å²) in [5.41, 5.74) is 1.36. The second kappa shape index (κ2) is 7.83. The molecular formula is C17H15ClN4O4. The molecular weight excluding hydrogens is 360 g/mol. The molecule has 3 aromatic rings. The predicted octanol–water partition coefficient (Wildman–Crippen LogP) is 4.17. The first-order chi connectivity index (χ1) is 12.5. The quantitative estimate of drug-likeness (QED) is 0.489. The van der Waals surface area contributed by atoms with Gasteiger partial charge in [0.1, 0.15) is 10.8 Å². The van der Waals surface area contributed by atoms with Gasteiger partial charge in [-0.25, -0.2) is 0 Å². The average molecular weight is 375 g/mol. The van der Waals surface area contributed by atoms with Gasteiger partial charge in [0.05, 0.1) is 12.0 Å². The highest BCUT2D eigenvalue weighted by Gasteiger charge is 2.14. The summed E-state index contributed by atoms with van der Waals surface area (Å²) in [7, 11) is 1.62. The van der Waals surface area contributed by atoms with Crippen LogP contribution in [0.2, 0.25) is 5.02 Å². The van der Waals surface area contributed by atoms with E-state index >= 15 is 0 Å². The van der Waals surface area contributed by atoms with Gasteiger partial charge in [0, 0.05) is 18.2 Å². The second-order valence-electron chi connectivity index (χ2n) is 5.40. The van der Waals surface area contributed by atoms with Crippen LogP contribution >= 0.6 is 11.6 Å². The summed E-state index contributed by atoms with van der Waals surface area (Å²) in [5, 5.41) is 21.7. The Bertz CT molecular complexity index is 911. The van der Waals surface area contributed by atoms with Crippen LogP contribution in [0.15, 0.2) is 46.9 Å². The molecule has 8 nitrogen and oxygen atoms in total. The van der Waals surface area contributed by atoms with E-state index in [1.165, 1.54) is 12.1 Å². The number of ether oxygens (including phenoxy) is 1. The van der Waals surface area contributed by atoms with Crippen LogP contribution in [0.1, 0.15) is 11.5 Å². The third kappa shape index (κ3) is 4.28. The van der Waals surface area contributed by atoms with Crippen molar-refractivity contribution in [3.05, 3.63) is 69.1 Å². The number of anilines is 2. The molecule has 0 bridgehead atoms. The summed E-state index contributed by atoms with van der Waals surface area (Å²) >= 11 is 5.79. The number of nitro groups is 1. The van der Waals surface area contributed by atoms with Crippen LogP contribution in [0.4, 0.5) is 17.4 Å². The number of nitrogens with one attached hydrogen (secondary N) is 1. The minimum Gasteiger partial charge on any atom is -0.497 e. The lowest BCUT2D eigenvalue weighted by Crippen LogP contribution is -1.94. The maximum Gasteiger partial charge on any atom is 0.320 e. The number of nitrogens with zero attached hydrogens (tertiary/aromatic N) is 3. The topological polar surface area (TPSA) is 103 Å². The molecule has 0 amide bonds. The predicted molar refractivity (Wildman–Crippen MR) is 96.1 cm³/mol. The SMILES string of the molecule is COc1ccc(CCc2nnc(Nc3ccc(Cl)c([N+](=O)[O-])c3)o2)cc1. The second-order valence-corrected chi connectivity index (χ2v) is 5.80. The Morgan fingerprint density at radius 2 is 1.96 bits per heavy atom. The summed E-state index contributed by atoms with van der Waals surface area (Å²) in [6.07, 6.45) is 1.31. The number of benzene rings is 2. The number of rotatable bonds is 7. The largest absolute Gasteiger partial charge is 0.497 e. The number of methoxy groups -OCH3 is 1. The van der Waals surface area contributed by atoms with Crippen LogP contribution in [0, 0.1) is 10.1 Å². The molecule has 1 N–H and O–H groups in total. The van der Waals surface area contributed by atoms with Crippen molar-refractivity contribution in [2.24, 2.45) is 0 Å². The van der Waals surface area contributed by atoms with Crippen molar-refractivity contribution in [3.8, 4) is 5.75 Å². The van der Waals surface area contributed by atoms with Crippen LogP contribution in [-0.2, 0) is 12.8 Å². The zero-order valence-electron chi connectivity index (χ0n) is 13.8. The number of aromatic nitrogens is 2. The molecule has 0 aliphatic heterocycles. The fourth-order valence-electron chi connectivity index (χ4n) is 2.30. The zero-order valence-corrected chi connectivity index (χ0v) is 14.6. The molecule has 26 heavy (non-hydrogen) atoms. The Kier molecular flexibility index (Phi) is 5.33. The van der Waals surface area contributed by atoms with Crippen molar-refractivity contribution in [2.75, 3.05) is 12.4 Å². The fourth-order valence-corrected chi connectivity index (χ4v) is 2.49. The molecule has 0 spiro atoms. The number of hydrogen-bond acceptors (Lipinski definition) is 7. The summed E-state index contributed by atoms with van der Waals surface area (Å²) in [4.78, 5) is 10.4. The third-order valence-corrected chi connectivity index (χ3v) is 3.97. The van der Waals surface area contributed by atoms with Crippen LogP contribution in [0.5, 0.6) is 5.75 Å². The lowest BCUT2D eigenvalue weighted by molar-refractivity contribution is -0.384. The van der Waals surface area contributed by atoms with E-state index in [1.807, 2.05) is 24.3 Å². The number of aryl methyl sites for hydroxylation is 2. The highest BCUT2D eigenvalue weighted by Crippen LogP contribution is 2.28. The van der Waals surface area contributed by atoms with Crippen molar-refractivity contribution >= 4 is 29.0 Å². The van der Waals surface area contributed by atoms with E-state index in [4.69, 9.17) is 20.8 Å². The minimum absolute atomic E-state index is 0.0614. The van der Waals surface area contributed by atoms with Crippen LogP contribution in [-0.4, -0.2) is 22.2 Å². The monoisotopic (exact) mass is 374 g/mol. The molecule has 0 radical (unpaired) electrons. The van der Waals surface area contributed by atoms with Crippen LogP contribution < -0.4 is 10.1 Å². The smallest absolute Gasteiger partial charge is 0.320 e. The molecule has 1 aromatic heterocycles. The highest BCUT2D eigenvalue weighted by molar-refractivity contribution is 6.32. The Morgan fingerprint density at radius 1 is 1.19 bits per heavy atom. The van der Waals surface area contributed by atoms with Gasteiger partial charge in [0.25, 0.3) is 5.69 Å². The molecule has 134 valence electrons. The molecule has 3 rings (SSSR count). The van der Waals surface area contributed by atoms with E-state index in [2.05, 4.69) is 15.5 Å².